The summed E-state index contributed by atoms with van der Waals surface area (Å²) in [5, 5.41) is 0. The van der Waals surface area contributed by atoms with Gasteiger partial charge in [-0.15, -0.1) is 0 Å². The number of nitrogens with zero attached hydrogens (tertiary/aromatic N) is 4. The molecule has 1 saturated heterocycles. The van der Waals surface area contributed by atoms with Crippen molar-refractivity contribution < 1.29 is 19.1 Å². The van der Waals surface area contributed by atoms with E-state index < -0.39 is 5.60 Å². The van der Waals surface area contributed by atoms with Gasteiger partial charge in [0.1, 0.15) is 23.9 Å². The van der Waals surface area contributed by atoms with Crippen LogP contribution in [0.1, 0.15) is 64.3 Å². The molecule has 3 rings (SSSR count). The van der Waals surface area contributed by atoms with Crippen LogP contribution >= 0.6 is 0 Å². The Labute approximate surface area is 159 Å². The molecule has 148 valence electrons. The minimum Gasteiger partial charge on any atom is -0.456 e. The van der Waals surface area contributed by atoms with Crippen molar-refractivity contribution in [2.45, 2.75) is 58.7 Å². The predicted molar refractivity (Wildman–Crippen MR) is 99.6 cm³/mol. The van der Waals surface area contributed by atoms with Gasteiger partial charge < -0.3 is 19.3 Å². The molecule has 1 amide bonds. The first-order chi connectivity index (χ1) is 12.7. The molecule has 8 nitrogen and oxygen atoms in total. The molecule has 0 spiro atoms. The van der Waals surface area contributed by atoms with Crippen LogP contribution in [-0.2, 0) is 14.3 Å². The number of carbonyl (C=O) groups is 2. The average molecular weight is 376 g/mol. The number of amides is 1. The van der Waals surface area contributed by atoms with Crippen molar-refractivity contribution in [2.24, 2.45) is 0 Å². The van der Waals surface area contributed by atoms with E-state index in [0.717, 1.165) is 23.5 Å². The Bertz CT molecular complexity index is 723. The largest absolute Gasteiger partial charge is 0.456 e. The summed E-state index contributed by atoms with van der Waals surface area (Å²) in [6.45, 7) is 11.6. The third-order valence-corrected chi connectivity index (χ3v) is 4.80. The second-order valence-electron chi connectivity index (χ2n) is 8.19. The maximum atomic E-state index is 12.3. The number of rotatable bonds is 2. The van der Waals surface area contributed by atoms with E-state index in [1.807, 2.05) is 20.8 Å². The van der Waals surface area contributed by atoms with Gasteiger partial charge in [-0.25, -0.2) is 14.8 Å². The fraction of sp³-hybridized carbons (Fsp3) is 0.684. The van der Waals surface area contributed by atoms with E-state index in [9.17, 15) is 9.59 Å². The third kappa shape index (κ3) is 4.31. The summed E-state index contributed by atoms with van der Waals surface area (Å²) < 4.78 is 10.9. The monoisotopic (exact) mass is 376 g/mol. The summed E-state index contributed by atoms with van der Waals surface area (Å²) in [5.74, 6) is 0.793. The first-order valence-corrected chi connectivity index (χ1v) is 9.40. The molecule has 1 aliphatic carbocycles. The number of piperazine rings is 1. The van der Waals surface area contributed by atoms with Crippen LogP contribution in [-0.4, -0.2) is 58.7 Å². The van der Waals surface area contributed by atoms with E-state index in [2.05, 4.69) is 21.8 Å². The maximum Gasteiger partial charge on any atom is 0.410 e. The van der Waals surface area contributed by atoms with Crippen molar-refractivity contribution in [1.82, 2.24) is 14.9 Å². The Morgan fingerprint density at radius 2 is 1.81 bits per heavy atom. The molecule has 2 heterocycles. The molecule has 1 fully saturated rings. The van der Waals surface area contributed by atoms with Crippen molar-refractivity contribution in [3.05, 3.63) is 17.6 Å². The Morgan fingerprint density at radius 3 is 2.41 bits per heavy atom. The van der Waals surface area contributed by atoms with Gasteiger partial charge in [-0.3, -0.25) is 4.79 Å². The highest BCUT2D eigenvalue weighted by atomic mass is 16.6. The molecule has 0 radical (unpaired) electrons. The van der Waals surface area contributed by atoms with Crippen LogP contribution in [0.2, 0.25) is 0 Å². The zero-order chi connectivity index (χ0) is 19.8. The second-order valence-corrected chi connectivity index (χ2v) is 8.19. The summed E-state index contributed by atoms with van der Waals surface area (Å²) in [6, 6.07) is 0. The molecule has 1 aromatic heterocycles. The Morgan fingerprint density at radius 1 is 1.15 bits per heavy atom. The van der Waals surface area contributed by atoms with Crippen LogP contribution in [0, 0.1) is 0 Å². The molecule has 0 saturated carbocycles. The van der Waals surface area contributed by atoms with E-state index in [0.29, 0.717) is 26.2 Å². The van der Waals surface area contributed by atoms with Gasteiger partial charge >= 0.3 is 12.1 Å². The highest BCUT2D eigenvalue weighted by Gasteiger charge is 2.37. The van der Waals surface area contributed by atoms with Gasteiger partial charge in [0.2, 0.25) is 0 Å². The molecule has 8 heteroatoms. The first-order valence-electron chi connectivity index (χ1n) is 9.40. The molecule has 1 unspecified atom stereocenters. The van der Waals surface area contributed by atoms with Crippen molar-refractivity contribution in [1.29, 1.82) is 0 Å². The number of hydrogen-bond donors (Lipinski definition) is 0. The molecule has 1 aromatic rings. The summed E-state index contributed by atoms with van der Waals surface area (Å²) >= 11 is 0. The quantitative estimate of drug-likeness (QED) is 0.734. The Kier molecular flexibility index (Phi) is 5.26. The van der Waals surface area contributed by atoms with Crippen molar-refractivity contribution >= 4 is 17.9 Å². The highest BCUT2D eigenvalue weighted by molar-refractivity contribution is 5.69. The maximum absolute atomic E-state index is 12.3. The summed E-state index contributed by atoms with van der Waals surface area (Å²) in [7, 11) is 0. The van der Waals surface area contributed by atoms with Crippen molar-refractivity contribution in [3.63, 3.8) is 0 Å². The molecule has 1 aliphatic heterocycles. The zero-order valence-electron chi connectivity index (χ0n) is 16.7. The highest BCUT2D eigenvalue weighted by Crippen LogP contribution is 2.44. The van der Waals surface area contributed by atoms with Gasteiger partial charge in [0.15, 0.2) is 0 Å². The molecular weight excluding hydrogens is 348 g/mol. The molecule has 2 atom stereocenters. The third-order valence-electron chi connectivity index (χ3n) is 4.80. The number of ether oxygens (including phenoxy) is 2. The Balaban J connectivity index is 1.72. The Hall–Kier alpha value is -2.38. The van der Waals surface area contributed by atoms with Crippen LogP contribution in [0.25, 0.3) is 0 Å². The van der Waals surface area contributed by atoms with E-state index >= 15 is 0 Å². The van der Waals surface area contributed by atoms with E-state index in [1.54, 1.807) is 4.90 Å². The lowest BCUT2D eigenvalue weighted by atomic mass is 10.1. The minimum atomic E-state index is -0.497. The SMILES string of the molecule is CC(=O)O[C@@H]1CC(C)c2c1ncnc2N1CCN(C(=O)OC(C)(C)C)CC1. The summed E-state index contributed by atoms with van der Waals surface area (Å²) in [6.07, 6.45) is 1.66. The number of fused-ring (bicyclic) bond motifs is 1. The number of carbonyl (C=O) groups excluding carboxylic acids is 2. The zero-order valence-corrected chi connectivity index (χ0v) is 16.7. The first kappa shape index (κ1) is 19.4. The second kappa shape index (κ2) is 7.32. The lowest BCUT2D eigenvalue weighted by molar-refractivity contribution is -0.146. The van der Waals surface area contributed by atoms with Crippen LogP contribution in [0.4, 0.5) is 10.6 Å². The van der Waals surface area contributed by atoms with Crippen LogP contribution in [0.3, 0.4) is 0 Å². The predicted octanol–water partition coefficient (Wildman–Crippen LogP) is 2.65. The topological polar surface area (TPSA) is 84.9 Å². The van der Waals surface area contributed by atoms with Crippen molar-refractivity contribution in [3.8, 4) is 0 Å². The van der Waals surface area contributed by atoms with Crippen molar-refractivity contribution in [2.75, 3.05) is 31.1 Å². The number of hydrogen-bond acceptors (Lipinski definition) is 7. The summed E-state index contributed by atoms with van der Waals surface area (Å²) in [4.78, 5) is 36.4. The standard InChI is InChI=1S/C19H28N4O4/c1-12-10-14(26-13(2)24)16-15(12)17(21-11-20-16)22-6-8-23(9-7-22)18(25)27-19(3,4)5/h11-12,14H,6-10H2,1-5H3/t12?,14-/m1/s1. The van der Waals surface area contributed by atoms with Gasteiger partial charge in [0.25, 0.3) is 0 Å². The number of anilines is 1. The molecule has 0 aromatic carbocycles. The fourth-order valence-corrected chi connectivity index (χ4v) is 3.66. The van der Waals surface area contributed by atoms with Gasteiger partial charge in [0.05, 0.1) is 5.69 Å². The van der Waals surface area contributed by atoms with E-state index in [-0.39, 0.29) is 24.1 Å². The normalized spacial score (nSPS) is 22.4. The summed E-state index contributed by atoms with van der Waals surface area (Å²) in [5.41, 5.74) is 1.36. The molecule has 2 aliphatic rings. The molecule has 0 N–H and O–H groups in total. The fourth-order valence-electron chi connectivity index (χ4n) is 3.66. The molecule has 27 heavy (non-hydrogen) atoms. The van der Waals surface area contributed by atoms with Crippen LogP contribution in [0.15, 0.2) is 6.33 Å². The van der Waals surface area contributed by atoms with E-state index in [4.69, 9.17) is 9.47 Å². The van der Waals surface area contributed by atoms with Crippen LogP contribution < -0.4 is 4.90 Å². The number of aromatic nitrogens is 2. The van der Waals surface area contributed by atoms with Gasteiger partial charge in [-0.05, 0) is 33.1 Å². The molecule has 0 bridgehead atoms. The van der Waals surface area contributed by atoms with E-state index in [1.165, 1.54) is 13.3 Å². The average Bonchev–Trinajstić information content (AvgIpc) is 2.89. The van der Waals surface area contributed by atoms with Gasteiger partial charge in [0, 0.05) is 38.7 Å². The lowest BCUT2D eigenvalue weighted by Crippen LogP contribution is -2.50. The number of esters is 1. The van der Waals surface area contributed by atoms with Gasteiger partial charge in [-0.2, -0.15) is 0 Å². The minimum absolute atomic E-state index is 0.212. The van der Waals surface area contributed by atoms with Gasteiger partial charge in [-0.1, -0.05) is 6.92 Å². The smallest absolute Gasteiger partial charge is 0.410 e. The lowest BCUT2D eigenvalue weighted by Gasteiger charge is -2.37. The molecular formula is C19H28N4O4. The van der Waals surface area contributed by atoms with Crippen LogP contribution in [0.5, 0.6) is 0 Å².